The van der Waals surface area contributed by atoms with Gasteiger partial charge in [-0.25, -0.2) is 9.37 Å². The molecule has 0 amide bonds. The Morgan fingerprint density at radius 1 is 1.15 bits per heavy atom. The molecule has 1 fully saturated rings. The van der Waals surface area contributed by atoms with Gasteiger partial charge in [0.25, 0.3) is 5.56 Å². The van der Waals surface area contributed by atoms with E-state index in [4.69, 9.17) is 0 Å². The number of hydrogen-bond donors (Lipinski definition) is 0. The lowest BCUT2D eigenvalue weighted by molar-refractivity contribution is 0.138. The molecule has 1 aromatic carbocycles. The molecule has 0 aliphatic heterocycles. The SMILES string of the molecule is O=c1cc(CN(Cc2ccc(F)cc2)C2CCCCC2)nc2sccn12. The summed E-state index contributed by atoms with van der Waals surface area (Å²) >= 11 is 1.48. The number of thiazole rings is 1. The Morgan fingerprint density at radius 2 is 1.92 bits per heavy atom. The molecule has 0 spiro atoms. The Balaban J connectivity index is 1.60. The highest BCUT2D eigenvalue weighted by Gasteiger charge is 2.22. The van der Waals surface area contributed by atoms with Crippen LogP contribution in [0.15, 0.2) is 46.7 Å². The predicted octanol–water partition coefficient (Wildman–Crippen LogP) is 4.23. The maximum atomic E-state index is 13.2. The summed E-state index contributed by atoms with van der Waals surface area (Å²) in [6.07, 6.45) is 7.87. The summed E-state index contributed by atoms with van der Waals surface area (Å²) in [7, 11) is 0. The molecule has 26 heavy (non-hydrogen) atoms. The van der Waals surface area contributed by atoms with E-state index in [0.717, 1.165) is 22.8 Å². The minimum atomic E-state index is -0.212. The number of fused-ring (bicyclic) bond motifs is 1. The summed E-state index contributed by atoms with van der Waals surface area (Å²) in [5.41, 5.74) is 1.87. The average Bonchev–Trinajstić information content (AvgIpc) is 3.13. The van der Waals surface area contributed by atoms with E-state index >= 15 is 0 Å². The second-order valence-corrected chi connectivity index (χ2v) is 7.84. The van der Waals surface area contributed by atoms with Gasteiger partial charge >= 0.3 is 0 Å². The summed E-state index contributed by atoms with van der Waals surface area (Å²) < 4.78 is 14.8. The zero-order valence-corrected chi connectivity index (χ0v) is 15.4. The van der Waals surface area contributed by atoms with Crippen LogP contribution in [-0.2, 0) is 13.1 Å². The summed E-state index contributed by atoms with van der Waals surface area (Å²) in [5, 5.41) is 1.88. The maximum absolute atomic E-state index is 13.2. The van der Waals surface area contributed by atoms with Gasteiger partial charge in [-0.3, -0.25) is 14.1 Å². The second-order valence-electron chi connectivity index (χ2n) is 6.96. The molecule has 4 nitrogen and oxygen atoms in total. The third-order valence-electron chi connectivity index (χ3n) is 5.11. The van der Waals surface area contributed by atoms with Crippen LogP contribution >= 0.6 is 11.3 Å². The van der Waals surface area contributed by atoms with Crippen molar-refractivity contribution in [2.75, 3.05) is 0 Å². The number of nitrogens with zero attached hydrogens (tertiary/aromatic N) is 3. The molecule has 2 heterocycles. The highest BCUT2D eigenvalue weighted by atomic mass is 32.1. The third kappa shape index (κ3) is 3.86. The minimum Gasteiger partial charge on any atom is -0.290 e. The first-order valence-electron chi connectivity index (χ1n) is 9.13. The van der Waals surface area contributed by atoms with Crippen molar-refractivity contribution in [1.29, 1.82) is 0 Å². The van der Waals surface area contributed by atoms with Crippen molar-refractivity contribution in [1.82, 2.24) is 14.3 Å². The standard InChI is InChI=1S/C20H22FN3OS/c21-16-8-6-15(7-9-16)13-23(18-4-2-1-3-5-18)14-17-12-19(25)24-10-11-26-20(24)22-17/h6-12,18H,1-5,13-14H2. The highest BCUT2D eigenvalue weighted by Crippen LogP contribution is 2.25. The normalized spacial score (nSPS) is 15.8. The number of rotatable bonds is 5. The van der Waals surface area contributed by atoms with Gasteiger partial charge in [-0.05, 0) is 30.5 Å². The Bertz CT molecular complexity index is 928. The van der Waals surface area contributed by atoms with Gasteiger partial charge in [-0.2, -0.15) is 0 Å². The summed E-state index contributed by atoms with van der Waals surface area (Å²) in [6, 6.07) is 8.83. The molecule has 136 valence electrons. The average molecular weight is 371 g/mol. The van der Waals surface area contributed by atoms with Crippen LogP contribution in [0.2, 0.25) is 0 Å². The van der Waals surface area contributed by atoms with Gasteiger partial charge in [0, 0.05) is 36.8 Å². The van der Waals surface area contributed by atoms with Crippen molar-refractivity contribution < 1.29 is 4.39 Å². The number of benzene rings is 1. The Labute approximate surface area is 155 Å². The van der Waals surface area contributed by atoms with Gasteiger partial charge in [0.1, 0.15) is 5.82 Å². The fourth-order valence-corrected chi connectivity index (χ4v) is 4.50. The van der Waals surface area contributed by atoms with Crippen molar-refractivity contribution in [2.24, 2.45) is 0 Å². The van der Waals surface area contributed by atoms with E-state index in [1.165, 1.54) is 55.6 Å². The van der Waals surface area contributed by atoms with Crippen molar-refractivity contribution >= 4 is 16.3 Å². The molecule has 0 saturated heterocycles. The molecule has 3 aromatic rings. The molecule has 6 heteroatoms. The van der Waals surface area contributed by atoms with Gasteiger partial charge in [0.2, 0.25) is 0 Å². The largest absolute Gasteiger partial charge is 0.290 e. The van der Waals surface area contributed by atoms with Crippen LogP contribution in [0.25, 0.3) is 4.96 Å². The molecule has 0 radical (unpaired) electrons. The van der Waals surface area contributed by atoms with E-state index in [0.29, 0.717) is 12.6 Å². The van der Waals surface area contributed by atoms with Crippen molar-refractivity contribution in [3.05, 3.63) is 69.3 Å². The number of halogens is 1. The Hall–Kier alpha value is -2.05. The molecule has 0 unspecified atom stereocenters. The fraction of sp³-hybridized carbons (Fsp3) is 0.400. The van der Waals surface area contributed by atoms with Crippen LogP contribution in [0.5, 0.6) is 0 Å². The molecule has 2 aromatic heterocycles. The molecule has 1 saturated carbocycles. The zero-order valence-electron chi connectivity index (χ0n) is 14.6. The lowest BCUT2D eigenvalue weighted by Crippen LogP contribution is -2.36. The molecule has 0 bridgehead atoms. The predicted molar refractivity (Wildman–Crippen MR) is 102 cm³/mol. The molecule has 0 N–H and O–H groups in total. The monoisotopic (exact) mass is 371 g/mol. The van der Waals surface area contributed by atoms with Gasteiger partial charge in [0.05, 0.1) is 5.69 Å². The minimum absolute atomic E-state index is 0.0309. The van der Waals surface area contributed by atoms with Crippen molar-refractivity contribution in [2.45, 2.75) is 51.2 Å². The topological polar surface area (TPSA) is 37.6 Å². The molecule has 4 rings (SSSR count). The van der Waals surface area contributed by atoms with Gasteiger partial charge in [0.15, 0.2) is 4.96 Å². The van der Waals surface area contributed by atoms with E-state index in [-0.39, 0.29) is 11.4 Å². The number of hydrogen-bond acceptors (Lipinski definition) is 4. The van der Waals surface area contributed by atoms with Crippen LogP contribution in [0.3, 0.4) is 0 Å². The summed E-state index contributed by atoms with van der Waals surface area (Å²) in [6.45, 7) is 1.39. The molecular weight excluding hydrogens is 349 g/mol. The molecule has 0 atom stereocenters. The van der Waals surface area contributed by atoms with Crippen LogP contribution < -0.4 is 5.56 Å². The van der Waals surface area contributed by atoms with Crippen LogP contribution in [0.4, 0.5) is 4.39 Å². The number of aromatic nitrogens is 2. The first-order chi connectivity index (χ1) is 12.7. The van der Waals surface area contributed by atoms with Crippen LogP contribution in [-0.4, -0.2) is 20.3 Å². The Kier molecular flexibility index (Phi) is 5.13. The van der Waals surface area contributed by atoms with Crippen molar-refractivity contribution in [3.63, 3.8) is 0 Å². The maximum Gasteiger partial charge on any atom is 0.258 e. The van der Waals surface area contributed by atoms with Crippen LogP contribution in [0.1, 0.15) is 43.4 Å². The lowest BCUT2D eigenvalue weighted by Gasteiger charge is -2.34. The first-order valence-corrected chi connectivity index (χ1v) is 10.0. The summed E-state index contributed by atoms with van der Waals surface area (Å²) in [5.74, 6) is -0.212. The molecule has 1 aliphatic carbocycles. The second kappa shape index (κ2) is 7.68. The van der Waals surface area contributed by atoms with E-state index in [2.05, 4.69) is 9.88 Å². The van der Waals surface area contributed by atoms with Crippen LogP contribution in [0, 0.1) is 5.82 Å². The highest BCUT2D eigenvalue weighted by molar-refractivity contribution is 7.15. The van der Waals surface area contributed by atoms with Gasteiger partial charge in [-0.1, -0.05) is 31.4 Å². The molecule has 1 aliphatic rings. The molecular formula is C20H22FN3OS. The smallest absolute Gasteiger partial charge is 0.258 e. The van der Waals surface area contributed by atoms with Gasteiger partial charge in [-0.15, -0.1) is 11.3 Å². The first kappa shape index (κ1) is 17.4. The van der Waals surface area contributed by atoms with Gasteiger partial charge < -0.3 is 0 Å². The summed E-state index contributed by atoms with van der Waals surface area (Å²) in [4.78, 5) is 20.1. The van der Waals surface area contributed by atoms with E-state index in [1.807, 2.05) is 17.5 Å². The third-order valence-corrected chi connectivity index (χ3v) is 5.87. The Morgan fingerprint density at radius 3 is 2.69 bits per heavy atom. The van der Waals surface area contributed by atoms with Crippen molar-refractivity contribution in [3.8, 4) is 0 Å². The van der Waals surface area contributed by atoms with E-state index in [1.54, 1.807) is 16.7 Å². The lowest BCUT2D eigenvalue weighted by atomic mass is 9.93. The quantitative estimate of drug-likeness (QED) is 0.674. The fourth-order valence-electron chi connectivity index (χ4n) is 3.76. The van der Waals surface area contributed by atoms with E-state index in [9.17, 15) is 9.18 Å². The zero-order chi connectivity index (χ0) is 17.9. The van der Waals surface area contributed by atoms with E-state index < -0.39 is 0 Å².